The number of allylic oxidation sites excluding steroid dienone is 1. The second kappa shape index (κ2) is 7.41. The summed E-state index contributed by atoms with van der Waals surface area (Å²) >= 11 is 0. The van der Waals surface area contributed by atoms with Crippen molar-refractivity contribution in [2.75, 3.05) is 13.6 Å². The van der Waals surface area contributed by atoms with Crippen LogP contribution >= 0.6 is 0 Å². The molecule has 0 spiro atoms. The molecule has 1 fully saturated rings. The van der Waals surface area contributed by atoms with Crippen LogP contribution in [0, 0.1) is 17.3 Å². The molecule has 0 saturated heterocycles. The number of pyridine rings is 1. The molecule has 3 aliphatic rings. The van der Waals surface area contributed by atoms with Gasteiger partial charge in [0.1, 0.15) is 5.69 Å². The molecule has 1 N–H and O–H groups in total. The molecule has 3 aliphatic carbocycles. The Morgan fingerprint density at radius 1 is 1.36 bits per heavy atom. The van der Waals surface area contributed by atoms with Crippen LogP contribution in [-0.2, 0) is 6.54 Å². The second-order valence-electron chi connectivity index (χ2n) is 8.55. The van der Waals surface area contributed by atoms with Gasteiger partial charge in [-0.25, -0.2) is 4.79 Å². The van der Waals surface area contributed by atoms with Crippen LogP contribution in [0.5, 0.6) is 0 Å². The molecular formula is C22H28N4O2. The number of aromatic nitrogens is 2. The minimum Gasteiger partial charge on any atom is -0.359 e. The van der Waals surface area contributed by atoms with Gasteiger partial charge in [-0.2, -0.15) is 0 Å². The number of carbonyl (C=O) groups is 1. The van der Waals surface area contributed by atoms with Gasteiger partial charge in [-0.05, 0) is 48.6 Å². The largest absolute Gasteiger partial charge is 0.359 e. The minimum absolute atomic E-state index is 0.0991. The Bertz CT molecular complexity index is 872. The van der Waals surface area contributed by atoms with Crippen molar-refractivity contribution < 1.29 is 9.32 Å². The van der Waals surface area contributed by atoms with Crippen molar-refractivity contribution in [1.82, 2.24) is 20.4 Å². The number of nitrogens with zero attached hydrogens (tertiary/aromatic N) is 3. The van der Waals surface area contributed by atoms with Crippen molar-refractivity contribution in [2.24, 2.45) is 17.3 Å². The third-order valence-electron chi connectivity index (χ3n) is 6.50. The van der Waals surface area contributed by atoms with Crippen molar-refractivity contribution in [3.05, 3.63) is 47.9 Å². The Hall–Kier alpha value is -2.63. The molecule has 5 rings (SSSR count). The van der Waals surface area contributed by atoms with E-state index in [4.69, 9.17) is 4.52 Å². The van der Waals surface area contributed by atoms with Gasteiger partial charge in [0.2, 0.25) is 0 Å². The summed E-state index contributed by atoms with van der Waals surface area (Å²) in [7, 11) is 1.76. The van der Waals surface area contributed by atoms with Crippen molar-refractivity contribution in [1.29, 1.82) is 0 Å². The molecule has 0 aromatic carbocycles. The van der Waals surface area contributed by atoms with Gasteiger partial charge < -0.3 is 14.7 Å². The van der Waals surface area contributed by atoms with Crippen molar-refractivity contribution in [3.63, 3.8) is 0 Å². The maximum atomic E-state index is 12.4. The number of fused-ring (bicyclic) bond motifs is 1. The summed E-state index contributed by atoms with van der Waals surface area (Å²) in [5, 5.41) is 7.07. The number of hydrogen-bond acceptors (Lipinski definition) is 4. The summed E-state index contributed by atoms with van der Waals surface area (Å²) in [6.07, 6.45) is 7.56. The fourth-order valence-electron chi connectivity index (χ4n) is 4.53. The standard InChI is InChI=1S/C22H28N4O2/c1-22(2)16-8-7-15(18(22)12-16)9-11-24-21(27)26(3)14-17-13-20(25-28-17)19-6-4-5-10-23-19/h4-7,10,13,16,18H,8-9,11-12,14H2,1-3H3,(H,24,27)/t16-,18-/m0/s1. The molecule has 6 nitrogen and oxygen atoms in total. The first-order valence-electron chi connectivity index (χ1n) is 10.00. The minimum atomic E-state index is -0.0991. The van der Waals surface area contributed by atoms with Gasteiger partial charge in [0.05, 0.1) is 12.2 Å². The summed E-state index contributed by atoms with van der Waals surface area (Å²) in [6.45, 7) is 5.79. The number of hydrogen-bond donors (Lipinski definition) is 1. The monoisotopic (exact) mass is 380 g/mol. The van der Waals surface area contributed by atoms with Crippen LogP contribution < -0.4 is 5.32 Å². The summed E-state index contributed by atoms with van der Waals surface area (Å²) < 4.78 is 5.36. The van der Waals surface area contributed by atoms with Gasteiger partial charge in [0, 0.05) is 25.9 Å². The van der Waals surface area contributed by atoms with E-state index in [1.807, 2.05) is 24.3 Å². The lowest BCUT2D eigenvalue weighted by Crippen LogP contribution is -2.48. The van der Waals surface area contributed by atoms with E-state index in [9.17, 15) is 4.79 Å². The van der Waals surface area contributed by atoms with Crippen LogP contribution in [0.4, 0.5) is 4.79 Å². The van der Waals surface area contributed by atoms with Gasteiger partial charge in [0.15, 0.2) is 5.76 Å². The van der Waals surface area contributed by atoms with E-state index in [2.05, 4.69) is 35.4 Å². The predicted octanol–water partition coefficient (Wildman–Crippen LogP) is 4.26. The van der Waals surface area contributed by atoms with Crippen LogP contribution in [0.1, 0.15) is 38.9 Å². The van der Waals surface area contributed by atoms with E-state index in [0.29, 0.717) is 35.9 Å². The molecule has 148 valence electrons. The topological polar surface area (TPSA) is 71.3 Å². The molecule has 1 saturated carbocycles. The first-order chi connectivity index (χ1) is 13.4. The van der Waals surface area contributed by atoms with Gasteiger partial charge >= 0.3 is 6.03 Å². The van der Waals surface area contributed by atoms with Crippen LogP contribution in [0.2, 0.25) is 0 Å². The van der Waals surface area contributed by atoms with E-state index >= 15 is 0 Å². The van der Waals surface area contributed by atoms with E-state index < -0.39 is 0 Å². The predicted molar refractivity (Wildman–Crippen MR) is 107 cm³/mol. The summed E-state index contributed by atoms with van der Waals surface area (Å²) in [5.41, 5.74) is 3.38. The zero-order valence-corrected chi connectivity index (χ0v) is 16.8. The van der Waals surface area contributed by atoms with Crippen LogP contribution in [0.15, 0.2) is 46.6 Å². The van der Waals surface area contributed by atoms with E-state index in [0.717, 1.165) is 18.0 Å². The summed E-state index contributed by atoms with van der Waals surface area (Å²) in [5.74, 6) is 2.18. The highest BCUT2D eigenvalue weighted by atomic mass is 16.5. The van der Waals surface area contributed by atoms with Crippen molar-refractivity contribution >= 4 is 6.03 Å². The van der Waals surface area contributed by atoms with Crippen molar-refractivity contribution in [2.45, 2.75) is 39.7 Å². The molecule has 28 heavy (non-hydrogen) atoms. The maximum Gasteiger partial charge on any atom is 0.317 e. The lowest BCUT2D eigenvalue weighted by Gasteiger charge is -2.56. The third-order valence-corrected chi connectivity index (χ3v) is 6.50. The SMILES string of the molecule is CN(Cc1cc(-c2ccccn2)no1)C(=O)NCCC1=CC[C@H]2C[C@@H]1C2(C)C. The molecule has 6 heteroatoms. The van der Waals surface area contributed by atoms with Crippen LogP contribution in [0.25, 0.3) is 11.4 Å². The second-order valence-corrected chi connectivity index (χ2v) is 8.55. The molecule has 0 radical (unpaired) electrons. The fraction of sp³-hybridized carbons (Fsp3) is 0.500. The van der Waals surface area contributed by atoms with Gasteiger partial charge in [0.25, 0.3) is 0 Å². The Labute approximate surface area is 166 Å². The van der Waals surface area contributed by atoms with E-state index in [-0.39, 0.29) is 6.03 Å². The first kappa shape index (κ1) is 18.7. The van der Waals surface area contributed by atoms with E-state index in [1.165, 1.54) is 18.4 Å². The molecule has 0 unspecified atom stereocenters. The molecule has 2 atom stereocenters. The average Bonchev–Trinajstić information content (AvgIpc) is 3.17. The van der Waals surface area contributed by atoms with Crippen LogP contribution in [0.3, 0.4) is 0 Å². The molecule has 2 aromatic heterocycles. The van der Waals surface area contributed by atoms with Crippen molar-refractivity contribution in [3.8, 4) is 11.4 Å². The number of urea groups is 1. The number of carbonyl (C=O) groups excluding carboxylic acids is 1. The zero-order chi connectivity index (χ0) is 19.7. The molecule has 2 heterocycles. The van der Waals surface area contributed by atoms with Gasteiger partial charge in [-0.3, -0.25) is 4.98 Å². The number of nitrogens with one attached hydrogen (secondary N) is 1. The fourth-order valence-corrected chi connectivity index (χ4v) is 4.53. The number of rotatable bonds is 6. The highest BCUT2D eigenvalue weighted by molar-refractivity contribution is 5.73. The molecule has 2 aromatic rings. The highest BCUT2D eigenvalue weighted by Crippen LogP contribution is 2.59. The molecule has 2 amide bonds. The normalized spacial score (nSPS) is 22.2. The Balaban J connectivity index is 1.25. The average molecular weight is 380 g/mol. The lowest BCUT2D eigenvalue weighted by molar-refractivity contribution is -0.00810. The number of amides is 2. The Morgan fingerprint density at radius 2 is 2.21 bits per heavy atom. The lowest BCUT2D eigenvalue weighted by atomic mass is 9.48. The maximum absolute atomic E-state index is 12.4. The first-order valence-corrected chi connectivity index (χ1v) is 10.00. The third kappa shape index (κ3) is 3.55. The summed E-state index contributed by atoms with van der Waals surface area (Å²) in [4.78, 5) is 18.3. The van der Waals surface area contributed by atoms with E-state index in [1.54, 1.807) is 18.1 Å². The smallest absolute Gasteiger partial charge is 0.317 e. The molecular weight excluding hydrogens is 352 g/mol. The zero-order valence-electron chi connectivity index (χ0n) is 16.8. The summed E-state index contributed by atoms with van der Waals surface area (Å²) in [6, 6.07) is 7.37. The highest BCUT2D eigenvalue weighted by Gasteiger charge is 2.50. The van der Waals surface area contributed by atoms with Gasteiger partial charge in [-0.15, -0.1) is 0 Å². The van der Waals surface area contributed by atoms with Crippen LogP contribution in [-0.4, -0.2) is 34.7 Å². The Kier molecular flexibility index (Phi) is 4.96. The quantitative estimate of drug-likeness (QED) is 0.760. The Morgan fingerprint density at radius 3 is 2.93 bits per heavy atom. The molecule has 2 bridgehead atoms. The van der Waals surface area contributed by atoms with Gasteiger partial charge in [-0.1, -0.05) is 36.7 Å². The molecule has 0 aliphatic heterocycles.